The van der Waals surface area contributed by atoms with Crippen LogP contribution in [0.4, 0.5) is 0 Å². The molecule has 1 saturated heterocycles. The van der Waals surface area contributed by atoms with Crippen LogP contribution in [-0.4, -0.2) is 56.7 Å². The van der Waals surface area contributed by atoms with Crippen LogP contribution in [0.15, 0.2) is 18.2 Å². The van der Waals surface area contributed by atoms with E-state index >= 15 is 0 Å². The van der Waals surface area contributed by atoms with Crippen molar-refractivity contribution in [1.29, 1.82) is 0 Å². The molecule has 0 N–H and O–H groups in total. The van der Waals surface area contributed by atoms with Crippen LogP contribution in [0.25, 0.3) is 0 Å². The minimum atomic E-state index is 0.626. The molecule has 1 aliphatic carbocycles. The number of nitrogens with zero attached hydrogens (tertiary/aromatic N) is 2. The molecule has 4 heteroatoms. The summed E-state index contributed by atoms with van der Waals surface area (Å²) in [5.41, 5.74) is 2.52. The maximum atomic E-state index is 5.59. The van der Waals surface area contributed by atoms with E-state index in [1.54, 1.807) is 7.11 Å². The summed E-state index contributed by atoms with van der Waals surface area (Å²) in [6.07, 6.45) is 2.78. The SMILES string of the molecule is CCOCc1cc(CN2C[C@H]3CC[C@@H](C2)C3N(C)C)ccc1OC. The van der Waals surface area contributed by atoms with Crippen LogP contribution < -0.4 is 4.74 Å². The summed E-state index contributed by atoms with van der Waals surface area (Å²) in [6, 6.07) is 7.33. The van der Waals surface area contributed by atoms with Gasteiger partial charge in [0, 0.05) is 37.8 Å². The molecule has 2 aliphatic rings. The highest BCUT2D eigenvalue weighted by molar-refractivity contribution is 5.37. The molecule has 4 nitrogen and oxygen atoms in total. The molecular formula is C20H32N2O2. The lowest BCUT2D eigenvalue weighted by atomic mass is 9.91. The molecular weight excluding hydrogens is 300 g/mol. The van der Waals surface area contributed by atoms with Crippen molar-refractivity contribution in [3.8, 4) is 5.75 Å². The monoisotopic (exact) mass is 332 g/mol. The Labute approximate surface area is 146 Å². The number of piperidine rings is 1. The number of hydrogen-bond donors (Lipinski definition) is 0. The summed E-state index contributed by atoms with van der Waals surface area (Å²) >= 11 is 0. The summed E-state index contributed by atoms with van der Waals surface area (Å²) in [5, 5.41) is 0. The molecule has 24 heavy (non-hydrogen) atoms. The highest BCUT2D eigenvalue weighted by Crippen LogP contribution is 2.39. The number of rotatable bonds is 7. The first kappa shape index (κ1) is 17.7. The summed E-state index contributed by atoms with van der Waals surface area (Å²) in [4.78, 5) is 5.10. The van der Waals surface area contributed by atoms with Gasteiger partial charge in [-0.3, -0.25) is 4.90 Å². The molecule has 1 aromatic rings. The van der Waals surface area contributed by atoms with Crippen molar-refractivity contribution in [3.63, 3.8) is 0 Å². The third-order valence-electron chi connectivity index (χ3n) is 5.67. The molecule has 1 saturated carbocycles. The van der Waals surface area contributed by atoms with Gasteiger partial charge >= 0.3 is 0 Å². The van der Waals surface area contributed by atoms with Gasteiger partial charge in [-0.1, -0.05) is 6.07 Å². The van der Waals surface area contributed by atoms with Crippen LogP contribution in [0.1, 0.15) is 30.9 Å². The molecule has 0 amide bonds. The Balaban J connectivity index is 1.66. The number of methoxy groups -OCH3 is 1. The number of ether oxygens (including phenoxy) is 2. The second kappa shape index (κ2) is 7.85. The van der Waals surface area contributed by atoms with E-state index in [9.17, 15) is 0 Å². The standard InChI is InChI=1S/C20H32N2O2/c1-5-24-14-18-10-15(6-9-19(18)23-4)11-22-12-16-7-8-17(13-22)20(16)21(2)3/h6,9-10,16-17,20H,5,7-8,11-14H2,1-4H3/t16-,17+,20?. The molecule has 134 valence electrons. The first-order chi connectivity index (χ1) is 11.6. The summed E-state index contributed by atoms with van der Waals surface area (Å²) in [5.74, 6) is 2.60. The molecule has 0 aromatic heterocycles. The van der Waals surface area contributed by atoms with Gasteiger partial charge in [0.05, 0.1) is 13.7 Å². The third-order valence-corrected chi connectivity index (χ3v) is 5.67. The van der Waals surface area contributed by atoms with Crippen molar-refractivity contribution in [2.75, 3.05) is 40.9 Å². The lowest BCUT2D eigenvalue weighted by Gasteiger charge is -2.41. The first-order valence-electron chi connectivity index (χ1n) is 9.24. The van der Waals surface area contributed by atoms with E-state index in [1.165, 1.54) is 31.5 Å². The number of fused-ring (bicyclic) bond motifs is 2. The van der Waals surface area contributed by atoms with E-state index in [0.29, 0.717) is 6.61 Å². The van der Waals surface area contributed by atoms with E-state index in [2.05, 4.69) is 42.1 Å². The highest BCUT2D eigenvalue weighted by atomic mass is 16.5. The van der Waals surface area contributed by atoms with E-state index < -0.39 is 0 Å². The van der Waals surface area contributed by atoms with Gasteiger partial charge in [-0.15, -0.1) is 0 Å². The van der Waals surface area contributed by atoms with Gasteiger partial charge in [0.1, 0.15) is 5.75 Å². The maximum Gasteiger partial charge on any atom is 0.124 e. The highest BCUT2D eigenvalue weighted by Gasteiger charge is 2.42. The Bertz CT molecular complexity index is 532. The lowest BCUT2D eigenvalue weighted by molar-refractivity contribution is 0.0713. The van der Waals surface area contributed by atoms with Crippen molar-refractivity contribution in [2.45, 2.75) is 39.0 Å². The molecule has 3 rings (SSSR count). The van der Waals surface area contributed by atoms with Crippen LogP contribution in [0.2, 0.25) is 0 Å². The fourth-order valence-corrected chi connectivity index (χ4v) is 4.78. The predicted octanol–water partition coefficient (Wildman–Crippen LogP) is 3.00. The van der Waals surface area contributed by atoms with Crippen LogP contribution in [0.5, 0.6) is 5.75 Å². The van der Waals surface area contributed by atoms with Crippen molar-refractivity contribution < 1.29 is 9.47 Å². The van der Waals surface area contributed by atoms with E-state index in [-0.39, 0.29) is 0 Å². The molecule has 1 aromatic carbocycles. The Hall–Kier alpha value is -1.10. The van der Waals surface area contributed by atoms with E-state index in [0.717, 1.165) is 42.3 Å². The van der Waals surface area contributed by atoms with Gasteiger partial charge in [0.15, 0.2) is 0 Å². The van der Waals surface area contributed by atoms with Crippen LogP contribution in [0, 0.1) is 11.8 Å². The molecule has 0 radical (unpaired) electrons. The summed E-state index contributed by atoms with van der Waals surface area (Å²) in [7, 11) is 6.22. The number of likely N-dealkylation sites (tertiary alicyclic amines) is 1. The summed E-state index contributed by atoms with van der Waals surface area (Å²) < 4.78 is 11.1. The molecule has 1 heterocycles. The maximum absolute atomic E-state index is 5.59. The minimum absolute atomic E-state index is 0.626. The molecule has 1 aliphatic heterocycles. The Morgan fingerprint density at radius 3 is 2.46 bits per heavy atom. The fourth-order valence-electron chi connectivity index (χ4n) is 4.78. The Morgan fingerprint density at radius 1 is 1.17 bits per heavy atom. The van der Waals surface area contributed by atoms with Crippen LogP contribution in [0.3, 0.4) is 0 Å². The molecule has 3 atom stereocenters. The van der Waals surface area contributed by atoms with Crippen molar-refractivity contribution >= 4 is 0 Å². The minimum Gasteiger partial charge on any atom is -0.496 e. The average molecular weight is 332 g/mol. The topological polar surface area (TPSA) is 24.9 Å². The smallest absolute Gasteiger partial charge is 0.124 e. The Kier molecular flexibility index (Phi) is 5.80. The van der Waals surface area contributed by atoms with Gasteiger partial charge in [-0.2, -0.15) is 0 Å². The average Bonchev–Trinajstić information content (AvgIpc) is 2.85. The zero-order valence-corrected chi connectivity index (χ0v) is 15.6. The number of benzene rings is 1. The van der Waals surface area contributed by atoms with Gasteiger partial charge < -0.3 is 14.4 Å². The number of hydrogen-bond acceptors (Lipinski definition) is 4. The van der Waals surface area contributed by atoms with Crippen molar-refractivity contribution in [1.82, 2.24) is 9.80 Å². The fraction of sp³-hybridized carbons (Fsp3) is 0.700. The first-order valence-corrected chi connectivity index (χ1v) is 9.24. The molecule has 0 spiro atoms. The van der Waals surface area contributed by atoms with Crippen molar-refractivity contribution in [3.05, 3.63) is 29.3 Å². The zero-order chi connectivity index (χ0) is 17.1. The van der Waals surface area contributed by atoms with Crippen molar-refractivity contribution in [2.24, 2.45) is 11.8 Å². The molecule has 2 bridgehead atoms. The zero-order valence-electron chi connectivity index (χ0n) is 15.6. The van der Waals surface area contributed by atoms with Crippen LogP contribution in [-0.2, 0) is 17.9 Å². The van der Waals surface area contributed by atoms with Gasteiger partial charge in [-0.25, -0.2) is 0 Å². The second-order valence-electron chi connectivity index (χ2n) is 7.53. The second-order valence-corrected chi connectivity index (χ2v) is 7.53. The molecule has 2 fully saturated rings. The largest absolute Gasteiger partial charge is 0.496 e. The third kappa shape index (κ3) is 3.76. The predicted molar refractivity (Wildman–Crippen MR) is 97.3 cm³/mol. The normalized spacial score (nSPS) is 27.0. The van der Waals surface area contributed by atoms with Gasteiger partial charge in [0.25, 0.3) is 0 Å². The van der Waals surface area contributed by atoms with Crippen LogP contribution >= 0.6 is 0 Å². The quantitative estimate of drug-likeness (QED) is 0.766. The van der Waals surface area contributed by atoms with E-state index in [1.807, 2.05) is 6.92 Å². The van der Waals surface area contributed by atoms with Gasteiger partial charge in [-0.05, 0) is 63.4 Å². The van der Waals surface area contributed by atoms with E-state index in [4.69, 9.17) is 9.47 Å². The van der Waals surface area contributed by atoms with Gasteiger partial charge in [0.2, 0.25) is 0 Å². The summed E-state index contributed by atoms with van der Waals surface area (Å²) in [6.45, 7) is 6.88. The lowest BCUT2D eigenvalue weighted by Crippen LogP contribution is -2.50. The Morgan fingerprint density at radius 2 is 1.88 bits per heavy atom. The molecule has 1 unspecified atom stereocenters.